The van der Waals surface area contributed by atoms with Gasteiger partial charge in [0.2, 0.25) is 5.95 Å². The monoisotopic (exact) mass is 456 g/mol. The predicted molar refractivity (Wildman–Crippen MR) is 139 cm³/mol. The van der Waals surface area contributed by atoms with Gasteiger partial charge in [0.1, 0.15) is 5.82 Å². The molecule has 178 valence electrons. The van der Waals surface area contributed by atoms with E-state index in [9.17, 15) is 0 Å². The van der Waals surface area contributed by atoms with Crippen LogP contribution in [0, 0.1) is 0 Å². The largest absolute Gasteiger partial charge is 0.367 e. The number of nitrogens with zero attached hydrogens (tertiary/aromatic N) is 4. The zero-order valence-electron chi connectivity index (χ0n) is 19.9. The number of hydrogen-bond acceptors (Lipinski definition) is 6. The lowest BCUT2D eigenvalue weighted by Crippen LogP contribution is -2.39. The molecule has 2 aliphatic rings. The Bertz CT molecular complexity index is 917. The van der Waals surface area contributed by atoms with Crippen LogP contribution in [0.2, 0.25) is 0 Å². The van der Waals surface area contributed by atoms with Crippen LogP contribution in [0.4, 0.5) is 11.8 Å². The van der Waals surface area contributed by atoms with Gasteiger partial charge in [-0.05, 0) is 42.9 Å². The summed E-state index contributed by atoms with van der Waals surface area (Å²) in [6.45, 7) is 6.51. The molecule has 0 saturated carbocycles. The highest BCUT2D eigenvalue weighted by molar-refractivity contribution is 5.41. The Kier molecular flexibility index (Phi) is 7.68. The minimum atomic E-state index is 0.434. The summed E-state index contributed by atoms with van der Waals surface area (Å²) in [4.78, 5) is 14.3. The van der Waals surface area contributed by atoms with Crippen LogP contribution in [-0.4, -0.2) is 58.0 Å². The van der Waals surface area contributed by atoms with Crippen molar-refractivity contribution in [3.8, 4) is 0 Å². The topological polar surface area (TPSA) is 56.3 Å². The Hall–Kier alpha value is -2.96. The zero-order chi connectivity index (χ0) is 23.0. The third-order valence-corrected chi connectivity index (χ3v) is 7.01. The summed E-state index contributed by atoms with van der Waals surface area (Å²) >= 11 is 0. The molecule has 5 rings (SSSR count). The fraction of sp³-hybridized carbons (Fsp3) is 0.429. The van der Waals surface area contributed by atoms with Crippen LogP contribution in [0.5, 0.6) is 0 Å². The molecular formula is C28H36N6. The molecule has 2 aromatic carbocycles. The Morgan fingerprint density at radius 1 is 0.647 bits per heavy atom. The Morgan fingerprint density at radius 2 is 1.15 bits per heavy atom. The van der Waals surface area contributed by atoms with Crippen molar-refractivity contribution in [1.29, 1.82) is 0 Å². The van der Waals surface area contributed by atoms with Crippen molar-refractivity contribution < 1.29 is 0 Å². The second-order valence-electron chi connectivity index (χ2n) is 9.63. The summed E-state index contributed by atoms with van der Waals surface area (Å²) in [5.74, 6) is 1.67. The molecule has 0 spiro atoms. The van der Waals surface area contributed by atoms with Crippen molar-refractivity contribution in [2.45, 2.75) is 50.9 Å². The van der Waals surface area contributed by atoms with Gasteiger partial charge in [0, 0.05) is 57.5 Å². The SMILES string of the molecule is c1ccc(CN2CCC(Nc3ccnc(NC4CCN(Cc5ccccc5)CC4)n3)CC2)cc1. The molecule has 0 amide bonds. The van der Waals surface area contributed by atoms with E-state index in [1.165, 1.54) is 11.1 Å². The van der Waals surface area contributed by atoms with E-state index >= 15 is 0 Å². The van der Waals surface area contributed by atoms with Gasteiger partial charge in [-0.25, -0.2) is 4.98 Å². The van der Waals surface area contributed by atoms with E-state index < -0.39 is 0 Å². The number of likely N-dealkylation sites (tertiary alicyclic amines) is 2. The van der Waals surface area contributed by atoms with Gasteiger partial charge in [-0.2, -0.15) is 4.98 Å². The van der Waals surface area contributed by atoms with E-state index in [4.69, 9.17) is 4.98 Å². The van der Waals surface area contributed by atoms with Crippen LogP contribution in [0.15, 0.2) is 72.9 Å². The summed E-state index contributed by atoms with van der Waals surface area (Å²) in [6, 6.07) is 24.4. The van der Waals surface area contributed by atoms with Crippen LogP contribution in [0.1, 0.15) is 36.8 Å². The first-order valence-electron chi connectivity index (χ1n) is 12.7. The van der Waals surface area contributed by atoms with Crippen molar-refractivity contribution >= 4 is 11.8 Å². The van der Waals surface area contributed by atoms with Gasteiger partial charge in [0.25, 0.3) is 0 Å². The number of nitrogens with one attached hydrogen (secondary N) is 2. The number of hydrogen-bond donors (Lipinski definition) is 2. The Labute approximate surface area is 203 Å². The normalized spacial score (nSPS) is 18.6. The maximum atomic E-state index is 4.77. The Morgan fingerprint density at radius 3 is 1.68 bits per heavy atom. The van der Waals surface area contributed by atoms with Crippen molar-refractivity contribution in [3.05, 3.63) is 84.1 Å². The lowest BCUT2D eigenvalue weighted by atomic mass is 10.0. The number of benzene rings is 2. The third-order valence-electron chi connectivity index (χ3n) is 7.01. The molecule has 3 aromatic rings. The van der Waals surface area contributed by atoms with E-state index in [1.807, 2.05) is 12.3 Å². The van der Waals surface area contributed by atoms with Gasteiger partial charge in [-0.1, -0.05) is 60.7 Å². The number of aromatic nitrogens is 2. The first-order chi connectivity index (χ1) is 16.8. The van der Waals surface area contributed by atoms with Gasteiger partial charge in [-0.15, -0.1) is 0 Å². The Balaban J connectivity index is 1.06. The molecule has 0 atom stereocenters. The van der Waals surface area contributed by atoms with Crippen molar-refractivity contribution in [3.63, 3.8) is 0 Å². The average molecular weight is 457 g/mol. The van der Waals surface area contributed by atoms with Crippen LogP contribution < -0.4 is 10.6 Å². The number of anilines is 2. The first kappa shape index (κ1) is 22.8. The average Bonchev–Trinajstić information content (AvgIpc) is 2.88. The predicted octanol–water partition coefficient (Wildman–Crippen LogP) is 4.63. The lowest BCUT2D eigenvalue weighted by Gasteiger charge is -2.33. The molecule has 0 unspecified atom stereocenters. The number of piperidine rings is 2. The molecule has 6 heteroatoms. The van der Waals surface area contributed by atoms with Crippen molar-refractivity contribution in [2.24, 2.45) is 0 Å². The summed E-state index contributed by atoms with van der Waals surface area (Å²) < 4.78 is 0. The standard InChI is InChI=1S/C28H36N6/c1-3-7-23(8-4-1)21-33-17-12-25(13-18-33)30-27-11-16-29-28(32-27)31-26-14-19-34(20-15-26)22-24-9-5-2-6-10-24/h1-11,16,25-26H,12-15,17-22H2,(H2,29,30,31,32). The maximum Gasteiger partial charge on any atom is 0.224 e. The summed E-state index contributed by atoms with van der Waals surface area (Å²) in [7, 11) is 0. The van der Waals surface area contributed by atoms with Crippen molar-refractivity contribution in [2.75, 3.05) is 36.8 Å². The smallest absolute Gasteiger partial charge is 0.224 e. The zero-order valence-corrected chi connectivity index (χ0v) is 19.9. The highest BCUT2D eigenvalue weighted by atomic mass is 15.2. The highest BCUT2D eigenvalue weighted by Gasteiger charge is 2.21. The van der Waals surface area contributed by atoms with Gasteiger partial charge < -0.3 is 10.6 Å². The van der Waals surface area contributed by atoms with Crippen molar-refractivity contribution in [1.82, 2.24) is 19.8 Å². The first-order valence-corrected chi connectivity index (χ1v) is 12.7. The van der Waals surface area contributed by atoms with E-state index in [0.717, 1.165) is 76.7 Å². The fourth-order valence-electron chi connectivity index (χ4n) is 5.05. The molecule has 0 radical (unpaired) electrons. The van der Waals surface area contributed by atoms with Crippen LogP contribution in [0.3, 0.4) is 0 Å². The lowest BCUT2D eigenvalue weighted by molar-refractivity contribution is 0.211. The summed E-state index contributed by atoms with van der Waals surface area (Å²) in [5.41, 5.74) is 2.79. The summed E-state index contributed by atoms with van der Waals surface area (Å²) in [5, 5.41) is 7.23. The van der Waals surface area contributed by atoms with Crippen LogP contribution >= 0.6 is 0 Å². The molecule has 2 N–H and O–H groups in total. The van der Waals surface area contributed by atoms with Gasteiger partial charge in [0.15, 0.2) is 0 Å². The van der Waals surface area contributed by atoms with E-state index in [1.54, 1.807) is 0 Å². The minimum Gasteiger partial charge on any atom is -0.367 e. The van der Waals surface area contributed by atoms with E-state index in [2.05, 4.69) is 86.1 Å². The third kappa shape index (κ3) is 6.55. The number of rotatable bonds is 8. The second kappa shape index (κ2) is 11.4. The molecular weight excluding hydrogens is 420 g/mol. The molecule has 1 aromatic heterocycles. The minimum absolute atomic E-state index is 0.434. The summed E-state index contributed by atoms with van der Waals surface area (Å²) in [6.07, 6.45) is 6.38. The molecule has 2 fully saturated rings. The molecule has 2 saturated heterocycles. The molecule has 34 heavy (non-hydrogen) atoms. The highest BCUT2D eigenvalue weighted by Crippen LogP contribution is 2.20. The molecule has 2 aliphatic heterocycles. The second-order valence-corrected chi connectivity index (χ2v) is 9.63. The maximum absolute atomic E-state index is 4.77. The van der Waals surface area contributed by atoms with Gasteiger partial charge >= 0.3 is 0 Å². The molecule has 0 bridgehead atoms. The molecule has 3 heterocycles. The van der Waals surface area contributed by atoms with Gasteiger partial charge in [0.05, 0.1) is 0 Å². The van der Waals surface area contributed by atoms with E-state index in [0.29, 0.717) is 12.1 Å². The van der Waals surface area contributed by atoms with E-state index in [-0.39, 0.29) is 0 Å². The van der Waals surface area contributed by atoms with Gasteiger partial charge in [-0.3, -0.25) is 9.80 Å². The molecule has 6 nitrogen and oxygen atoms in total. The molecule has 0 aliphatic carbocycles. The quantitative estimate of drug-likeness (QED) is 0.515. The fourth-order valence-corrected chi connectivity index (χ4v) is 5.05. The van der Waals surface area contributed by atoms with Crippen LogP contribution in [0.25, 0.3) is 0 Å². The van der Waals surface area contributed by atoms with Crippen LogP contribution in [-0.2, 0) is 13.1 Å².